The second-order valence-corrected chi connectivity index (χ2v) is 5.87. The largest absolute Gasteiger partial charge is 0.477 e. The number of thiophene rings is 1. The molecule has 0 radical (unpaired) electrons. The number of likely N-dealkylation sites (tertiary alicyclic amines) is 1. The van der Waals surface area contributed by atoms with E-state index in [2.05, 4.69) is 4.90 Å². The van der Waals surface area contributed by atoms with Crippen LogP contribution in [0, 0.1) is 0 Å². The average molecular weight is 269 g/mol. The van der Waals surface area contributed by atoms with Crippen LogP contribution in [0.15, 0.2) is 12.1 Å². The molecule has 2 heterocycles. The molecule has 1 unspecified atom stereocenters. The maximum Gasteiger partial charge on any atom is 0.345 e. The van der Waals surface area contributed by atoms with Crippen LogP contribution in [0.3, 0.4) is 0 Å². The van der Waals surface area contributed by atoms with Gasteiger partial charge in [0.25, 0.3) is 0 Å². The van der Waals surface area contributed by atoms with Crippen LogP contribution in [-0.4, -0.2) is 40.3 Å². The first-order valence-corrected chi connectivity index (χ1v) is 7.19. The van der Waals surface area contributed by atoms with Crippen molar-refractivity contribution in [2.75, 3.05) is 13.2 Å². The molecule has 1 aromatic rings. The highest BCUT2D eigenvalue weighted by Gasteiger charge is 2.24. The van der Waals surface area contributed by atoms with Crippen LogP contribution in [-0.2, 0) is 6.54 Å². The van der Waals surface area contributed by atoms with E-state index in [-0.39, 0.29) is 6.61 Å². The van der Waals surface area contributed by atoms with E-state index in [4.69, 9.17) is 10.2 Å². The number of aliphatic hydroxyl groups excluding tert-OH is 1. The number of carboxylic acids is 1. The monoisotopic (exact) mass is 269 g/mol. The second-order valence-electron chi connectivity index (χ2n) is 4.70. The third kappa shape index (κ3) is 3.31. The number of aromatic carboxylic acids is 1. The van der Waals surface area contributed by atoms with Gasteiger partial charge in [0, 0.05) is 24.1 Å². The molecule has 1 aliphatic heterocycles. The van der Waals surface area contributed by atoms with Crippen LogP contribution < -0.4 is 0 Å². The number of carbonyl (C=O) groups is 1. The molecule has 0 spiro atoms. The van der Waals surface area contributed by atoms with E-state index < -0.39 is 5.97 Å². The fourth-order valence-corrected chi connectivity index (χ4v) is 3.41. The third-order valence-electron chi connectivity index (χ3n) is 3.43. The minimum atomic E-state index is -0.843. The third-order valence-corrected chi connectivity index (χ3v) is 4.48. The van der Waals surface area contributed by atoms with Gasteiger partial charge in [-0.05, 0) is 44.4 Å². The Morgan fingerprint density at radius 3 is 3.00 bits per heavy atom. The molecule has 1 atom stereocenters. The summed E-state index contributed by atoms with van der Waals surface area (Å²) in [6.07, 6.45) is 4.28. The number of hydrogen-bond acceptors (Lipinski definition) is 4. The van der Waals surface area contributed by atoms with Crippen molar-refractivity contribution in [2.24, 2.45) is 0 Å². The zero-order valence-corrected chi connectivity index (χ0v) is 11.2. The highest BCUT2D eigenvalue weighted by molar-refractivity contribution is 7.13. The van der Waals surface area contributed by atoms with Gasteiger partial charge >= 0.3 is 5.97 Å². The Hall–Kier alpha value is -0.910. The lowest BCUT2D eigenvalue weighted by Gasteiger charge is -2.23. The summed E-state index contributed by atoms with van der Waals surface area (Å²) < 4.78 is 0. The van der Waals surface area contributed by atoms with E-state index in [0.29, 0.717) is 10.9 Å². The van der Waals surface area contributed by atoms with Crippen molar-refractivity contribution >= 4 is 17.3 Å². The molecule has 2 N–H and O–H groups in total. The highest BCUT2D eigenvalue weighted by Crippen LogP contribution is 2.26. The number of hydrogen-bond donors (Lipinski definition) is 2. The minimum absolute atomic E-state index is 0.256. The Morgan fingerprint density at radius 2 is 2.33 bits per heavy atom. The Kier molecular flexibility index (Phi) is 4.74. The predicted octanol–water partition coefficient (Wildman–Crippen LogP) is 2.18. The average Bonchev–Trinajstić information content (AvgIpc) is 2.96. The summed E-state index contributed by atoms with van der Waals surface area (Å²) in [6.45, 7) is 2.18. The molecular formula is C13H19NO3S. The summed E-state index contributed by atoms with van der Waals surface area (Å²) in [6, 6.07) is 4.14. The van der Waals surface area contributed by atoms with Crippen molar-refractivity contribution in [3.63, 3.8) is 0 Å². The van der Waals surface area contributed by atoms with Crippen molar-refractivity contribution in [3.05, 3.63) is 21.9 Å². The molecule has 0 aliphatic carbocycles. The molecule has 0 aromatic carbocycles. The normalized spacial score (nSPS) is 20.4. The molecule has 1 aliphatic rings. The molecular weight excluding hydrogens is 250 g/mol. The molecule has 18 heavy (non-hydrogen) atoms. The smallest absolute Gasteiger partial charge is 0.345 e. The molecule has 100 valence electrons. The number of nitrogens with zero attached hydrogens (tertiary/aromatic N) is 1. The van der Waals surface area contributed by atoms with Crippen LogP contribution in [0.1, 0.15) is 40.2 Å². The first-order chi connectivity index (χ1) is 8.70. The molecule has 0 saturated carbocycles. The van der Waals surface area contributed by atoms with Crippen LogP contribution in [0.25, 0.3) is 0 Å². The molecule has 5 heteroatoms. The highest BCUT2D eigenvalue weighted by atomic mass is 32.1. The van der Waals surface area contributed by atoms with Gasteiger partial charge in [0.15, 0.2) is 0 Å². The Morgan fingerprint density at radius 1 is 1.50 bits per heavy atom. The van der Waals surface area contributed by atoms with Gasteiger partial charge in [-0.25, -0.2) is 4.79 Å². The Labute approximate surface area is 111 Å². The summed E-state index contributed by atoms with van der Waals surface area (Å²) in [7, 11) is 0. The molecule has 2 rings (SSSR count). The molecule has 1 fully saturated rings. The van der Waals surface area contributed by atoms with E-state index in [1.807, 2.05) is 6.07 Å². The summed E-state index contributed by atoms with van der Waals surface area (Å²) in [5.41, 5.74) is 0. The van der Waals surface area contributed by atoms with Gasteiger partial charge in [0.05, 0.1) is 0 Å². The first-order valence-electron chi connectivity index (χ1n) is 6.37. The van der Waals surface area contributed by atoms with Crippen molar-refractivity contribution in [1.29, 1.82) is 0 Å². The lowest BCUT2D eigenvalue weighted by Crippen LogP contribution is -2.28. The van der Waals surface area contributed by atoms with Crippen LogP contribution >= 0.6 is 11.3 Å². The lowest BCUT2D eigenvalue weighted by molar-refractivity contribution is 0.0702. The summed E-state index contributed by atoms with van der Waals surface area (Å²) in [4.78, 5) is 14.8. The van der Waals surface area contributed by atoms with E-state index in [1.54, 1.807) is 6.07 Å². The fourth-order valence-electron chi connectivity index (χ4n) is 2.54. The topological polar surface area (TPSA) is 60.8 Å². The van der Waals surface area contributed by atoms with E-state index in [9.17, 15) is 4.79 Å². The van der Waals surface area contributed by atoms with Gasteiger partial charge in [-0.15, -0.1) is 11.3 Å². The second kappa shape index (κ2) is 6.31. The van der Waals surface area contributed by atoms with Gasteiger partial charge in [-0.1, -0.05) is 0 Å². The molecule has 0 amide bonds. The zero-order chi connectivity index (χ0) is 13.0. The zero-order valence-electron chi connectivity index (χ0n) is 10.3. The predicted molar refractivity (Wildman–Crippen MR) is 71.0 cm³/mol. The van der Waals surface area contributed by atoms with Crippen LogP contribution in [0.4, 0.5) is 0 Å². The van der Waals surface area contributed by atoms with E-state index in [1.165, 1.54) is 24.2 Å². The van der Waals surface area contributed by atoms with Gasteiger partial charge in [-0.2, -0.15) is 0 Å². The van der Waals surface area contributed by atoms with Crippen molar-refractivity contribution in [2.45, 2.75) is 38.3 Å². The molecule has 1 aromatic heterocycles. The first kappa shape index (κ1) is 13.5. The number of aliphatic hydroxyl groups is 1. The fraction of sp³-hybridized carbons (Fsp3) is 0.615. The standard InChI is InChI=1S/C13H19NO3S/c15-8-2-4-10-3-1-7-14(10)9-11-5-6-12(18-11)13(16)17/h5-6,10,15H,1-4,7-9H2,(H,16,17). The Bertz CT molecular complexity index is 405. The minimum Gasteiger partial charge on any atom is -0.477 e. The SMILES string of the molecule is O=C(O)c1ccc(CN2CCCC2CCCO)s1. The van der Waals surface area contributed by atoms with Gasteiger partial charge < -0.3 is 10.2 Å². The van der Waals surface area contributed by atoms with Gasteiger partial charge in [-0.3, -0.25) is 4.90 Å². The van der Waals surface area contributed by atoms with Gasteiger partial charge in [0.1, 0.15) is 4.88 Å². The van der Waals surface area contributed by atoms with E-state index in [0.717, 1.165) is 30.8 Å². The maximum atomic E-state index is 10.8. The van der Waals surface area contributed by atoms with Gasteiger partial charge in [0.2, 0.25) is 0 Å². The molecule has 0 bridgehead atoms. The maximum absolute atomic E-state index is 10.8. The van der Waals surface area contributed by atoms with Crippen molar-refractivity contribution in [1.82, 2.24) is 4.90 Å². The summed E-state index contributed by atoms with van der Waals surface area (Å²) in [5, 5.41) is 17.8. The summed E-state index contributed by atoms with van der Waals surface area (Å²) >= 11 is 1.36. The van der Waals surface area contributed by atoms with Crippen molar-refractivity contribution in [3.8, 4) is 0 Å². The molecule has 1 saturated heterocycles. The quantitative estimate of drug-likeness (QED) is 0.831. The number of carboxylic acid groups (broad SMARTS) is 1. The number of rotatable bonds is 6. The summed E-state index contributed by atoms with van der Waals surface area (Å²) in [5.74, 6) is -0.843. The van der Waals surface area contributed by atoms with E-state index >= 15 is 0 Å². The Balaban J connectivity index is 1.92. The van der Waals surface area contributed by atoms with Crippen molar-refractivity contribution < 1.29 is 15.0 Å². The van der Waals surface area contributed by atoms with Crippen LogP contribution in [0.2, 0.25) is 0 Å². The lowest BCUT2D eigenvalue weighted by atomic mass is 10.1. The van der Waals surface area contributed by atoms with Crippen LogP contribution in [0.5, 0.6) is 0 Å². The molecule has 4 nitrogen and oxygen atoms in total.